The Labute approximate surface area is 152 Å². The topological polar surface area (TPSA) is 79.8 Å². The standard InChI is InChI=1S/C14H31N3O3S.HI/c1-7-15-13(16-9-10-21(18,19)8-2)17-11-12(20-6)14(3,4)5;/h12H,7-11H2,1-6H3,(H2,15,16,17);1H. The number of methoxy groups -OCH3 is 1. The Morgan fingerprint density at radius 1 is 1.23 bits per heavy atom. The highest BCUT2D eigenvalue weighted by Crippen LogP contribution is 2.21. The van der Waals surface area contributed by atoms with Crippen molar-refractivity contribution >= 4 is 39.8 Å². The molecule has 0 fully saturated rings. The van der Waals surface area contributed by atoms with Crippen molar-refractivity contribution in [1.82, 2.24) is 10.6 Å². The van der Waals surface area contributed by atoms with E-state index in [4.69, 9.17) is 4.74 Å². The molecule has 8 heteroatoms. The van der Waals surface area contributed by atoms with Gasteiger partial charge in [0, 0.05) is 26.0 Å². The van der Waals surface area contributed by atoms with Gasteiger partial charge in [0.25, 0.3) is 0 Å². The lowest BCUT2D eigenvalue weighted by Crippen LogP contribution is -2.41. The van der Waals surface area contributed by atoms with Crippen molar-refractivity contribution in [3.63, 3.8) is 0 Å². The van der Waals surface area contributed by atoms with Gasteiger partial charge in [-0.15, -0.1) is 24.0 Å². The normalized spacial score (nSPS) is 14.2. The molecule has 0 amide bonds. The van der Waals surface area contributed by atoms with Crippen LogP contribution in [0.4, 0.5) is 0 Å². The van der Waals surface area contributed by atoms with Crippen LogP contribution >= 0.6 is 24.0 Å². The fourth-order valence-corrected chi connectivity index (χ4v) is 2.39. The van der Waals surface area contributed by atoms with E-state index in [0.29, 0.717) is 19.0 Å². The van der Waals surface area contributed by atoms with Crippen molar-refractivity contribution in [2.24, 2.45) is 10.4 Å². The molecule has 0 saturated carbocycles. The maximum Gasteiger partial charge on any atom is 0.191 e. The molecule has 1 unspecified atom stereocenters. The number of hydrogen-bond donors (Lipinski definition) is 2. The predicted molar refractivity (Wildman–Crippen MR) is 104 cm³/mol. The van der Waals surface area contributed by atoms with Gasteiger partial charge < -0.3 is 15.4 Å². The molecule has 0 heterocycles. The predicted octanol–water partition coefficient (Wildman–Crippen LogP) is 1.66. The summed E-state index contributed by atoms with van der Waals surface area (Å²) in [7, 11) is -1.28. The number of rotatable bonds is 8. The van der Waals surface area contributed by atoms with Gasteiger partial charge in [0.1, 0.15) is 0 Å². The molecule has 0 aliphatic carbocycles. The highest BCUT2D eigenvalue weighted by atomic mass is 127. The quantitative estimate of drug-likeness (QED) is 0.335. The zero-order valence-corrected chi connectivity index (χ0v) is 17.7. The number of sulfone groups is 1. The monoisotopic (exact) mass is 449 g/mol. The van der Waals surface area contributed by atoms with Crippen LogP contribution in [0.2, 0.25) is 0 Å². The lowest BCUT2D eigenvalue weighted by Gasteiger charge is -2.28. The second-order valence-electron chi connectivity index (χ2n) is 5.97. The smallest absolute Gasteiger partial charge is 0.191 e. The molecule has 0 bridgehead atoms. The molecule has 22 heavy (non-hydrogen) atoms. The maximum atomic E-state index is 11.5. The Morgan fingerprint density at radius 2 is 1.82 bits per heavy atom. The van der Waals surface area contributed by atoms with Crippen LogP contribution in [-0.4, -0.2) is 58.7 Å². The fourth-order valence-electron chi connectivity index (χ4n) is 1.69. The Bertz CT molecular complexity index is 420. The van der Waals surface area contributed by atoms with Crippen LogP contribution < -0.4 is 10.6 Å². The molecular weight excluding hydrogens is 417 g/mol. The molecule has 0 radical (unpaired) electrons. The fraction of sp³-hybridized carbons (Fsp3) is 0.929. The summed E-state index contributed by atoms with van der Waals surface area (Å²) in [6.07, 6.45) is 0.00679. The van der Waals surface area contributed by atoms with E-state index >= 15 is 0 Å². The number of hydrogen-bond acceptors (Lipinski definition) is 4. The molecule has 0 aromatic rings. The van der Waals surface area contributed by atoms with Crippen LogP contribution in [0.15, 0.2) is 4.99 Å². The van der Waals surface area contributed by atoms with Gasteiger partial charge in [-0.2, -0.15) is 0 Å². The van der Waals surface area contributed by atoms with Gasteiger partial charge in [-0.05, 0) is 12.3 Å². The molecule has 0 saturated heterocycles. The average molecular weight is 449 g/mol. The molecule has 0 rings (SSSR count). The first-order valence-corrected chi connectivity index (χ1v) is 9.23. The summed E-state index contributed by atoms with van der Waals surface area (Å²) in [5.74, 6) is 0.897. The van der Waals surface area contributed by atoms with Gasteiger partial charge in [0.15, 0.2) is 15.8 Å². The van der Waals surface area contributed by atoms with E-state index in [9.17, 15) is 8.42 Å². The SMILES string of the molecule is CCNC(=NCC(OC)C(C)(C)C)NCCS(=O)(=O)CC.I. The second kappa shape index (κ2) is 11.4. The minimum Gasteiger partial charge on any atom is -0.379 e. The number of guanidine groups is 1. The van der Waals surface area contributed by atoms with Crippen molar-refractivity contribution in [2.45, 2.75) is 40.7 Å². The zero-order valence-electron chi connectivity index (χ0n) is 14.6. The first-order valence-electron chi connectivity index (χ1n) is 7.41. The summed E-state index contributed by atoms with van der Waals surface area (Å²) >= 11 is 0. The largest absolute Gasteiger partial charge is 0.379 e. The van der Waals surface area contributed by atoms with E-state index in [0.717, 1.165) is 6.54 Å². The molecule has 0 aliphatic rings. The number of aliphatic imine (C=N–C) groups is 1. The van der Waals surface area contributed by atoms with E-state index in [2.05, 4.69) is 36.4 Å². The van der Waals surface area contributed by atoms with Crippen LogP contribution in [0.5, 0.6) is 0 Å². The van der Waals surface area contributed by atoms with E-state index in [1.54, 1.807) is 14.0 Å². The summed E-state index contributed by atoms with van der Waals surface area (Å²) in [6.45, 7) is 11.5. The van der Waals surface area contributed by atoms with Crippen molar-refractivity contribution in [3.05, 3.63) is 0 Å². The number of nitrogens with one attached hydrogen (secondary N) is 2. The Hall–Kier alpha value is -0.0900. The van der Waals surface area contributed by atoms with Crippen molar-refractivity contribution < 1.29 is 13.2 Å². The van der Waals surface area contributed by atoms with Gasteiger partial charge in [-0.1, -0.05) is 27.7 Å². The van der Waals surface area contributed by atoms with Gasteiger partial charge in [-0.3, -0.25) is 4.99 Å². The third kappa shape index (κ3) is 10.6. The Morgan fingerprint density at radius 3 is 2.23 bits per heavy atom. The van der Waals surface area contributed by atoms with Gasteiger partial charge >= 0.3 is 0 Å². The lowest BCUT2D eigenvalue weighted by atomic mass is 9.89. The summed E-state index contributed by atoms with van der Waals surface area (Å²) in [5.41, 5.74) is 0.00112. The number of ether oxygens (including phenoxy) is 1. The maximum absolute atomic E-state index is 11.5. The van der Waals surface area contributed by atoms with Crippen LogP contribution in [0.1, 0.15) is 34.6 Å². The number of halogens is 1. The van der Waals surface area contributed by atoms with E-state index < -0.39 is 9.84 Å². The first-order chi connectivity index (χ1) is 9.66. The van der Waals surface area contributed by atoms with Crippen molar-refractivity contribution in [2.75, 3.05) is 38.2 Å². The number of nitrogens with zero attached hydrogens (tertiary/aromatic N) is 1. The van der Waals surface area contributed by atoms with Crippen LogP contribution in [0, 0.1) is 5.41 Å². The van der Waals surface area contributed by atoms with Gasteiger partial charge in [0.2, 0.25) is 0 Å². The molecule has 0 spiro atoms. The van der Waals surface area contributed by atoms with Gasteiger partial charge in [0.05, 0.1) is 18.4 Å². The average Bonchev–Trinajstić information content (AvgIpc) is 2.37. The third-order valence-electron chi connectivity index (χ3n) is 3.16. The Kier molecular flexibility index (Phi) is 12.6. The molecule has 134 valence electrons. The summed E-state index contributed by atoms with van der Waals surface area (Å²) in [4.78, 5) is 4.47. The summed E-state index contributed by atoms with van der Waals surface area (Å²) in [5, 5.41) is 6.15. The molecule has 1 atom stereocenters. The van der Waals surface area contributed by atoms with E-state index in [1.807, 2.05) is 6.92 Å². The minimum atomic E-state index is -2.96. The van der Waals surface area contributed by atoms with Gasteiger partial charge in [-0.25, -0.2) is 8.42 Å². The minimum absolute atomic E-state index is 0. The second-order valence-corrected chi connectivity index (χ2v) is 8.45. The lowest BCUT2D eigenvalue weighted by molar-refractivity contribution is 0.0241. The van der Waals surface area contributed by atoms with E-state index in [1.165, 1.54) is 0 Å². The van der Waals surface area contributed by atoms with E-state index in [-0.39, 0.29) is 47.0 Å². The molecule has 0 aromatic heterocycles. The van der Waals surface area contributed by atoms with Crippen molar-refractivity contribution in [1.29, 1.82) is 0 Å². The van der Waals surface area contributed by atoms with Crippen molar-refractivity contribution in [3.8, 4) is 0 Å². The summed E-state index contributed by atoms with van der Waals surface area (Å²) < 4.78 is 28.4. The first kappa shape index (κ1) is 24.2. The molecule has 0 aliphatic heterocycles. The molecule has 2 N–H and O–H groups in total. The van der Waals surface area contributed by atoms with Crippen LogP contribution in [0.25, 0.3) is 0 Å². The third-order valence-corrected chi connectivity index (χ3v) is 4.86. The molecule has 6 nitrogen and oxygen atoms in total. The highest BCUT2D eigenvalue weighted by Gasteiger charge is 2.24. The van der Waals surface area contributed by atoms with Crippen LogP contribution in [-0.2, 0) is 14.6 Å². The zero-order chi connectivity index (χ0) is 16.5. The van der Waals surface area contributed by atoms with Crippen LogP contribution in [0.3, 0.4) is 0 Å². The highest BCUT2D eigenvalue weighted by molar-refractivity contribution is 14.0. The Balaban J connectivity index is 0. The molecule has 0 aromatic carbocycles. The summed E-state index contributed by atoms with van der Waals surface area (Å²) in [6, 6.07) is 0. The molecular formula is C14H32IN3O3S.